The average Bonchev–Trinajstić information content (AvgIpc) is 2.57. The SMILES string of the molecule is CCOc1ccc(C[NH+](C)CC(=O)Nc2ccc(F)c(F)c2F)cc1. The van der Waals surface area contributed by atoms with Gasteiger partial charge in [0.25, 0.3) is 5.91 Å². The van der Waals surface area contributed by atoms with Crippen LogP contribution in [0.3, 0.4) is 0 Å². The maximum absolute atomic E-state index is 13.6. The summed E-state index contributed by atoms with van der Waals surface area (Å²) in [5, 5.41) is 2.26. The topological polar surface area (TPSA) is 42.8 Å². The highest BCUT2D eigenvalue weighted by atomic mass is 19.2. The predicted octanol–water partition coefficient (Wildman–Crippen LogP) is 2.16. The fraction of sp³-hybridized carbons (Fsp3) is 0.278. The molecule has 0 spiro atoms. The van der Waals surface area contributed by atoms with Crippen molar-refractivity contribution in [3.8, 4) is 5.75 Å². The van der Waals surface area contributed by atoms with Crippen molar-refractivity contribution in [1.82, 2.24) is 0 Å². The molecule has 0 bridgehead atoms. The van der Waals surface area contributed by atoms with E-state index in [4.69, 9.17) is 4.74 Å². The highest BCUT2D eigenvalue weighted by molar-refractivity contribution is 5.91. The Hall–Kier alpha value is -2.54. The summed E-state index contributed by atoms with van der Waals surface area (Å²) in [7, 11) is 1.80. The molecule has 134 valence electrons. The van der Waals surface area contributed by atoms with Crippen LogP contribution in [0.4, 0.5) is 18.9 Å². The third-order valence-electron chi connectivity index (χ3n) is 3.51. The fourth-order valence-corrected chi connectivity index (χ4v) is 2.37. The third kappa shape index (κ3) is 5.22. The molecule has 0 heterocycles. The number of halogens is 3. The first kappa shape index (κ1) is 18.8. The summed E-state index contributed by atoms with van der Waals surface area (Å²) < 4.78 is 45.0. The monoisotopic (exact) mass is 353 g/mol. The number of anilines is 1. The van der Waals surface area contributed by atoms with Crippen LogP contribution in [0.25, 0.3) is 0 Å². The van der Waals surface area contributed by atoms with Crippen molar-refractivity contribution in [3.05, 3.63) is 59.4 Å². The quantitative estimate of drug-likeness (QED) is 0.749. The highest BCUT2D eigenvalue weighted by Crippen LogP contribution is 2.19. The van der Waals surface area contributed by atoms with E-state index >= 15 is 0 Å². The minimum absolute atomic E-state index is 0.0473. The van der Waals surface area contributed by atoms with Gasteiger partial charge in [0, 0.05) is 5.56 Å². The number of carbonyl (C=O) groups excluding carboxylic acids is 1. The number of quaternary nitrogens is 1. The van der Waals surface area contributed by atoms with Crippen molar-refractivity contribution in [2.75, 3.05) is 25.5 Å². The second-order valence-corrected chi connectivity index (χ2v) is 5.66. The Morgan fingerprint density at radius 2 is 1.76 bits per heavy atom. The Labute approximate surface area is 144 Å². The van der Waals surface area contributed by atoms with Gasteiger partial charge in [-0.25, -0.2) is 13.2 Å². The Kier molecular flexibility index (Phi) is 6.41. The zero-order chi connectivity index (χ0) is 18.4. The summed E-state index contributed by atoms with van der Waals surface area (Å²) >= 11 is 0. The molecule has 0 aliphatic rings. The molecule has 0 aromatic heterocycles. The van der Waals surface area contributed by atoms with E-state index in [2.05, 4.69) is 5.32 Å². The maximum Gasteiger partial charge on any atom is 0.279 e. The molecule has 0 aliphatic carbocycles. The Morgan fingerprint density at radius 3 is 2.40 bits per heavy atom. The molecule has 2 N–H and O–H groups in total. The van der Waals surface area contributed by atoms with Gasteiger partial charge >= 0.3 is 0 Å². The molecular formula is C18H20F3N2O2+. The Balaban J connectivity index is 1.90. The number of rotatable bonds is 7. The van der Waals surface area contributed by atoms with Crippen LogP contribution < -0.4 is 15.0 Å². The molecule has 0 radical (unpaired) electrons. The zero-order valence-corrected chi connectivity index (χ0v) is 14.0. The number of hydrogen-bond donors (Lipinski definition) is 2. The van der Waals surface area contributed by atoms with E-state index in [9.17, 15) is 18.0 Å². The van der Waals surface area contributed by atoms with Crippen molar-refractivity contribution in [2.45, 2.75) is 13.5 Å². The molecule has 0 fully saturated rings. The molecule has 1 unspecified atom stereocenters. The smallest absolute Gasteiger partial charge is 0.279 e. The summed E-state index contributed by atoms with van der Waals surface area (Å²) in [5.41, 5.74) is 0.630. The molecule has 2 aromatic rings. The maximum atomic E-state index is 13.6. The highest BCUT2D eigenvalue weighted by Gasteiger charge is 2.17. The Bertz CT molecular complexity index is 736. The van der Waals surface area contributed by atoms with Crippen LogP contribution in [0.5, 0.6) is 5.75 Å². The van der Waals surface area contributed by atoms with Gasteiger partial charge in [0.05, 0.1) is 19.3 Å². The van der Waals surface area contributed by atoms with Gasteiger partial charge in [-0.2, -0.15) is 0 Å². The number of hydrogen-bond acceptors (Lipinski definition) is 2. The van der Waals surface area contributed by atoms with Gasteiger partial charge in [-0.3, -0.25) is 4.79 Å². The van der Waals surface area contributed by atoms with Gasteiger partial charge in [-0.15, -0.1) is 0 Å². The lowest BCUT2D eigenvalue weighted by atomic mass is 10.2. The van der Waals surface area contributed by atoms with Crippen LogP contribution >= 0.6 is 0 Å². The van der Waals surface area contributed by atoms with E-state index in [1.165, 1.54) is 0 Å². The molecule has 0 aliphatic heterocycles. The first-order valence-corrected chi connectivity index (χ1v) is 7.87. The van der Waals surface area contributed by atoms with Gasteiger partial charge in [-0.05, 0) is 43.3 Å². The van der Waals surface area contributed by atoms with Crippen molar-refractivity contribution in [1.29, 1.82) is 0 Å². The molecule has 0 saturated carbocycles. The van der Waals surface area contributed by atoms with Gasteiger partial charge in [-0.1, -0.05) is 0 Å². The molecule has 7 heteroatoms. The zero-order valence-electron chi connectivity index (χ0n) is 14.0. The normalized spacial score (nSPS) is 11.9. The number of carbonyl (C=O) groups is 1. The van der Waals surface area contributed by atoms with Crippen molar-refractivity contribution in [2.24, 2.45) is 0 Å². The van der Waals surface area contributed by atoms with Gasteiger partial charge in [0.2, 0.25) is 0 Å². The number of benzene rings is 2. The summed E-state index contributed by atoms with van der Waals surface area (Å²) in [5.74, 6) is -4.03. The van der Waals surface area contributed by atoms with Crippen LogP contribution in [0.1, 0.15) is 12.5 Å². The minimum atomic E-state index is -1.60. The molecule has 4 nitrogen and oxygen atoms in total. The van der Waals surface area contributed by atoms with Crippen LogP contribution in [0, 0.1) is 17.5 Å². The molecule has 1 amide bonds. The van der Waals surface area contributed by atoms with E-state index in [0.717, 1.165) is 28.3 Å². The number of likely N-dealkylation sites (N-methyl/N-ethyl adjacent to an activating group) is 1. The lowest BCUT2D eigenvalue weighted by molar-refractivity contribution is -0.885. The van der Waals surface area contributed by atoms with Gasteiger partial charge in [0.1, 0.15) is 12.3 Å². The second kappa shape index (κ2) is 8.53. The fourth-order valence-electron chi connectivity index (χ4n) is 2.37. The molecular weight excluding hydrogens is 333 g/mol. The largest absolute Gasteiger partial charge is 0.494 e. The lowest BCUT2D eigenvalue weighted by Gasteiger charge is -2.14. The predicted molar refractivity (Wildman–Crippen MR) is 88.0 cm³/mol. The van der Waals surface area contributed by atoms with E-state index in [1.54, 1.807) is 7.05 Å². The Morgan fingerprint density at radius 1 is 1.08 bits per heavy atom. The summed E-state index contributed by atoms with van der Waals surface area (Å²) in [6, 6.07) is 9.27. The molecule has 2 aromatic carbocycles. The standard InChI is InChI=1S/C18H19F3N2O2/c1-3-25-13-6-4-12(5-7-13)10-23(2)11-16(24)22-15-9-8-14(19)17(20)18(15)21/h4-9H,3,10-11H2,1-2H3,(H,22,24)/p+1. The lowest BCUT2D eigenvalue weighted by Crippen LogP contribution is -3.08. The molecule has 0 saturated heterocycles. The molecule has 2 rings (SSSR count). The van der Waals surface area contributed by atoms with E-state index in [-0.39, 0.29) is 12.2 Å². The summed E-state index contributed by atoms with van der Waals surface area (Å²) in [6.45, 7) is 3.11. The van der Waals surface area contributed by atoms with Crippen molar-refractivity contribution in [3.63, 3.8) is 0 Å². The van der Waals surface area contributed by atoms with Crippen LogP contribution in [-0.2, 0) is 11.3 Å². The number of ether oxygens (including phenoxy) is 1. The van der Waals surface area contributed by atoms with Crippen molar-refractivity contribution >= 4 is 11.6 Å². The third-order valence-corrected chi connectivity index (χ3v) is 3.51. The molecule has 25 heavy (non-hydrogen) atoms. The summed E-state index contributed by atoms with van der Waals surface area (Å²) in [6.07, 6.45) is 0. The first-order chi connectivity index (χ1) is 11.9. The van der Waals surface area contributed by atoms with E-state index in [1.807, 2.05) is 31.2 Å². The first-order valence-electron chi connectivity index (χ1n) is 7.87. The van der Waals surface area contributed by atoms with Crippen LogP contribution in [-0.4, -0.2) is 26.1 Å². The van der Waals surface area contributed by atoms with Gasteiger partial charge in [0.15, 0.2) is 24.0 Å². The van der Waals surface area contributed by atoms with Gasteiger partial charge < -0.3 is 15.0 Å². The number of nitrogens with one attached hydrogen (secondary N) is 2. The van der Waals surface area contributed by atoms with Crippen LogP contribution in [0.15, 0.2) is 36.4 Å². The number of amides is 1. The van der Waals surface area contributed by atoms with E-state index < -0.39 is 23.4 Å². The molecule has 1 atom stereocenters. The van der Waals surface area contributed by atoms with Crippen molar-refractivity contribution < 1.29 is 27.6 Å². The second-order valence-electron chi connectivity index (χ2n) is 5.66. The minimum Gasteiger partial charge on any atom is -0.494 e. The summed E-state index contributed by atoms with van der Waals surface area (Å²) in [4.78, 5) is 12.8. The van der Waals surface area contributed by atoms with Crippen LogP contribution in [0.2, 0.25) is 0 Å². The van der Waals surface area contributed by atoms with E-state index in [0.29, 0.717) is 13.2 Å². The average molecular weight is 353 g/mol.